The third-order valence-corrected chi connectivity index (χ3v) is 5.46. The average molecular weight is 471 g/mol. The molecule has 9 heteroatoms. The molecule has 0 saturated heterocycles. The van der Waals surface area contributed by atoms with Crippen LogP contribution in [-0.4, -0.2) is 57.7 Å². The van der Waals surface area contributed by atoms with E-state index < -0.39 is 0 Å². The van der Waals surface area contributed by atoms with Crippen molar-refractivity contribution in [1.29, 1.82) is 0 Å². The monoisotopic (exact) mass is 470 g/mol. The average Bonchev–Trinajstić information content (AvgIpc) is 3.28. The summed E-state index contributed by atoms with van der Waals surface area (Å²) in [7, 11) is 3.94. The van der Waals surface area contributed by atoms with Crippen molar-refractivity contribution in [2.45, 2.75) is 26.3 Å². The van der Waals surface area contributed by atoms with Gasteiger partial charge in [0.05, 0.1) is 23.8 Å². The Hall–Kier alpha value is -3.98. The molecule has 180 valence electrons. The summed E-state index contributed by atoms with van der Waals surface area (Å²) in [4.78, 5) is 23.1. The number of aryl methyl sites for hydroxylation is 1. The van der Waals surface area contributed by atoms with Crippen LogP contribution in [0.2, 0.25) is 0 Å². The number of nitrogens with one attached hydrogen (secondary N) is 1. The molecule has 0 spiro atoms. The Morgan fingerprint density at radius 1 is 1.09 bits per heavy atom. The smallest absolute Gasteiger partial charge is 0.270 e. The molecule has 0 aliphatic rings. The predicted octanol–water partition coefficient (Wildman–Crippen LogP) is 4.34. The minimum atomic E-state index is -0.0847. The molecule has 4 aromatic rings. The maximum absolute atomic E-state index is 12.2. The molecule has 1 N–H and O–H groups in total. The van der Waals surface area contributed by atoms with Gasteiger partial charge in [0.25, 0.3) is 11.9 Å². The summed E-state index contributed by atoms with van der Waals surface area (Å²) in [5, 5.41) is 16.7. The number of hydrogen-bond acceptors (Lipinski definition) is 7. The van der Waals surface area contributed by atoms with Crippen molar-refractivity contribution in [2.75, 3.05) is 27.2 Å². The molecule has 2 heterocycles. The summed E-state index contributed by atoms with van der Waals surface area (Å²) >= 11 is 0. The van der Waals surface area contributed by atoms with Gasteiger partial charge in [-0.3, -0.25) is 4.79 Å². The summed E-state index contributed by atoms with van der Waals surface area (Å²) in [5.41, 5.74) is 4.47. The first-order chi connectivity index (χ1) is 17.0. The summed E-state index contributed by atoms with van der Waals surface area (Å²) in [6, 6.07) is 15.6. The number of amides is 1. The zero-order chi connectivity index (χ0) is 24.6. The van der Waals surface area contributed by atoms with Crippen LogP contribution in [0.1, 0.15) is 34.8 Å². The summed E-state index contributed by atoms with van der Waals surface area (Å²) < 4.78 is 1.80. The van der Waals surface area contributed by atoms with E-state index in [0.29, 0.717) is 24.3 Å². The molecule has 35 heavy (non-hydrogen) atoms. The van der Waals surface area contributed by atoms with E-state index in [4.69, 9.17) is 0 Å². The lowest BCUT2D eigenvalue weighted by molar-refractivity contribution is 0.0951. The van der Waals surface area contributed by atoms with Crippen LogP contribution in [-0.2, 0) is 13.0 Å². The standard InChI is InChI=1S/C26H30N8O/c1-4-6-19-7-5-8-23(15-19)34-24-22(18-30-34)17-28-26(31-24)32-29-16-20-9-11-21(12-10-20)25(35)27-13-14-33(2)3/h5,7-12,15,17-18H,4,6,13-14,16H2,1-3H3,(H,27,35). The van der Waals surface area contributed by atoms with Crippen LogP contribution in [0.5, 0.6) is 0 Å². The lowest BCUT2D eigenvalue weighted by Gasteiger charge is -2.10. The number of fused-ring (bicyclic) bond motifs is 1. The van der Waals surface area contributed by atoms with E-state index >= 15 is 0 Å². The fraction of sp³-hybridized carbons (Fsp3) is 0.308. The third-order valence-electron chi connectivity index (χ3n) is 5.46. The largest absolute Gasteiger partial charge is 0.351 e. The second-order valence-electron chi connectivity index (χ2n) is 8.58. The number of rotatable bonds is 10. The molecule has 0 radical (unpaired) electrons. The van der Waals surface area contributed by atoms with Crippen LogP contribution >= 0.6 is 0 Å². The van der Waals surface area contributed by atoms with Gasteiger partial charge in [-0.1, -0.05) is 37.6 Å². The van der Waals surface area contributed by atoms with Gasteiger partial charge in [-0.25, -0.2) is 9.67 Å². The normalized spacial score (nSPS) is 11.5. The quantitative estimate of drug-likeness (QED) is 0.348. The molecule has 0 aliphatic heterocycles. The van der Waals surface area contributed by atoms with Gasteiger partial charge in [-0.15, -0.1) is 5.11 Å². The molecule has 0 bridgehead atoms. The van der Waals surface area contributed by atoms with Crippen molar-refractivity contribution in [2.24, 2.45) is 10.2 Å². The Bertz CT molecular complexity index is 1310. The Morgan fingerprint density at radius 2 is 1.91 bits per heavy atom. The first kappa shape index (κ1) is 24.2. The number of azo groups is 1. The van der Waals surface area contributed by atoms with Gasteiger partial charge in [0.1, 0.15) is 0 Å². The Labute approximate surface area is 204 Å². The molecular weight excluding hydrogens is 440 g/mol. The number of carbonyl (C=O) groups excluding carboxylic acids is 1. The molecule has 9 nitrogen and oxygen atoms in total. The Kier molecular flexibility index (Phi) is 7.89. The molecule has 0 atom stereocenters. The highest BCUT2D eigenvalue weighted by Crippen LogP contribution is 2.20. The van der Waals surface area contributed by atoms with Crippen LogP contribution in [0.4, 0.5) is 5.95 Å². The van der Waals surface area contributed by atoms with Gasteiger partial charge in [-0.05, 0) is 55.9 Å². The van der Waals surface area contributed by atoms with Crippen molar-refractivity contribution in [3.8, 4) is 5.69 Å². The molecule has 1 amide bonds. The number of hydrogen-bond donors (Lipinski definition) is 1. The predicted molar refractivity (Wildman–Crippen MR) is 136 cm³/mol. The first-order valence-corrected chi connectivity index (χ1v) is 11.7. The van der Waals surface area contributed by atoms with Crippen LogP contribution in [0.25, 0.3) is 16.7 Å². The van der Waals surface area contributed by atoms with Gasteiger partial charge in [0, 0.05) is 24.8 Å². The zero-order valence-electron chi connectivity index (χ0n) is 20.3. The number of likely N-dealkylation sites (N-methyl/N-ethyl adjacent to an activating group) is 1. The highest BCUT2D eigenvalue weighted by molar-refractivity contribution is 5.94. The van der Waals surface area contributed by atoms with E-state index in [1.54, 1.807) is 29.2 Å². The van der Waals surface area contributed by atoms with Crippen molar-refractivity contribution >= 4 is 22.9 Å². The van der Waals surface area contributed by atoms with Crippen LogP contribution < -0.4 is 5.32 Å². The van der Waals surface area contributed by atoms with E-state index in [1.807, 2.05) is 43.3 Å². The highest BCUT2D eigenvalue weighted by atomic mass is 16.1. The van der Waals surface area contributed by atoms with Crippen molar-refractivity contribution in [3.63, 3.8) is 0 Å². The summed E-state index contributed by atoms with van der Waals surface area (Å²) in [6.45, 7) is 3.93. The van der Waals surface area contributed by atoms with Gasteiger partial charge in [-0.2, -0.15) is 15.2 Å². The maximum atomic E-state index is 12.2. The van der Waals surface area contributed by atoms with E-state index in [1.165, 1.54) is 5.56 Å². The molecule has 2 aromatic carbocycles. The summed E-state index contributed by atoms with van der Waals surface area (Å²) in [5.74, 6) is 0.194. The maximum Gasteiger partial charge on any atom is 0.270 e. The lowest BCUT2D eigenvalue weighted by atomic mass is 10.1. The fourth-order valence-electron chi connectivity index (χ4n) is 3.61. The van der Waals surface area contributed by atoms with Gasteiger partial charge in [0.15, 0.2) is 5.65 Å². The van der Waals surface area contributed by atoms with Crippen molar-refractivity contribution < 1.29 is 4.79 Å². The van der Waals surface area contributed by atoms with Gasteiger partial charge >= 0.3 is 0 Å². The first-order valence-electron chi connectivity index (χ1n) is 11.7. The highest BCUT2D eigenvalue weighted by Gasteiger charge is 2.09. The van der Waals surface area contributed by atoms with Crippen molar-refractivity contribution in [1.82, 2.24) is 30.0 Å². The topological polar surface area (TPSA) is 101 Å². The van der Waals surface area contributed by atoms with E-state index in [9.17, 15) is 4.79 Å². The number of nitrogens with zero attached hydrogens (tertiary/aromatic N) is 7. The summed E-state index contributed by atoms with van der Waals surface area (Å²) in [6.07, 6.45) is 5.56. The Balaban J connectivity index is 1.42. The number of benzene rings is 2. The molecule has 0 unspecified atom stereocenters. The van der Waals surface area contributed by atoms with Crippen LogP contribution in [0.15, 0.2) is 71.2 Å². The fourth-order valence-corrected chi connectivity index (χ4v) is 3.61. The number of aromatic nitrogens is 4. The minimum absolute atomic E-state index is 0.0847. The lowest BCUT2D eigenvalue weighted by Crippen LogP contribution is -2.31. The molecule has 0 aliphatic carbocycles. The zero-order valence-corrected chi connectivity index (χ0v) is 20.3. The van der Waals surface area contributed by atoms with E-state index in [-0.39, 0.29) is 11.9 Å². The van der Waals surface area contributed by atoms with Gasteiger partial charge in [0.2, 0.25) is 0 Å². The molecule has 2 aromatic heterocycles. The van der Waals surface area contributed by atoms with E-state index in [0.717, 1.165) is 36.0 Å². The molecular formula is C26H30N8O. The van der Waals surface area contributed by atoms with Crippen LogP contribution in [0, 0.1) is 0 Å². The van der Waals surface area contributed by atoms with Gasteiger partial charge < -0.3 is 10.2 Å². The molecule has 0 fully saturated rings. The van der Waals surface area contributed by atoms with E-state index in [2.05, 4.69) is 49.7 Å². The van der Waals surface area contributed by atoms with Crippen molar-refractivity contribution in [3.05, 3.63) is 77.6 Å². The third kappa shape index (κ3) is 6.33. The van der Waals surface area contributed by atoms with Crippen LogP contribution in [0.3, 0.4) is 0 Å². The number of carbonyl (C=O) groups is 1. The Morgan fingerprint density at radius 3 is 2.69 bits per heavy atom. The minimum Gasteiger partial charge on any atom is -0.351 e. The SMILES string of the molecule is CCCc1cccc(-n2ncc3cnc(N=NCc4ccc(C(=O)NCCN(C)C)cc4)nc32)c1. The molecule has 4 rings (SSSR count). The second kappa shape index (κ2) is 11.4. The molecule has 0 saturated carbocycles. The second-order valence-corrected chi connectivity index (χ2v) is 8.58.